The van der Waals surface area contributed by atoms with Crippen LogP contribution in [0.1, 0.15) is 32.6 Å². The SMILES string of the molecule is C=CCNC(=O)C(C)N(CC1CCNCC1)C1CC1. The summed E-state index contributed by atoms with van der Waals surface area (Å²) in [5.74, 6) is 0.886. The first-order valence-electron chi connectivity index (χ1n) is 7.57. The fourth-order valence-electron chi connectivity index (χ4n) is 2.86. The van der Waals surface area contributed by atoms with Crippen molar-refractivity contribution in [3.8, 4) is 0 Å². The van der Waals surface area contributed by atoms with Gasteiger partial charge in [0, 0.05) is 19.1 Å². The molecule has 0 spiro atoms. The van der Waals surface area contributed by atoms with Crippen molar-refractivity contribution in [2.24, 2.45) is 5.92 Å². The molecule has 1 amide bonds. The molecule has 0 radical (unpaired) electrons. The highest BCUT2D eigenvalue weighted by Gasteiger charge is 2.36. The van der Waals surface area contributed by atoms with E-state index in [1.165, 1.54) is 25.7 Å². The molecule has 1 atom stereocenters. The highest BCUT2D eigenvalue weighted by Crippen LogP contribution is 2.30. The molecule has 2 N–H and O–H groups in total. The number of nitrogens with zero attached hydrogens (tertiary/aromatic N) is 1. The summed E-state index contributed by atoms with van der Waals surface area (Å²) in [7, 11) is 0. The second kappa shape index (κ2) is 7.06. The monoisotopic (exact) mass is 265 g/mol. The summed E-state index contributed by atoms with van der Waals surface area (Å²) in [6.07, 6.45) is 6.72. The van der Waals surface area contributed by atoms with Crippen molar-refractivity contribution in [2.75, 3.05) is 26.2 Å². The third-order valence-electron chi connectivity index (χ3n) is 4.24. The number of hydrogen-bond acceptors (Lipinski definition) is 3. The van der Waals surface area contributed by atoms with E-state index in [9.17, 15) is 4.79 Å². The molecule has 4 heteroatoms. The Morgan fingerprint density at radius 2 is 2.11 bits per heavy atom. The van der Waals surface area contributed by atoms with Crippen LogP contribution in [0, 0.1) is 5.92 Å². The first kappa shape index (κ1) is 14.5. The van der Waals surface area contributed by atoms with Gasteiger partial charge in [-0.2, -0.15) is 0 Å². The third-order valence-corrected chi connectivity index (χ3v) is 4.24. The van der Waals surface area contributed by atoms with E-state index in [1.807, 2.05) is 6.92 Å². The molecule has 4 nitrogen and oxygen atoms in total. The van der Waals surface area contributed by atoms with Gasteiger partial charge in [0.1, 0.15) is 0 Å². The lowest BCUT2D eigenvalue weighted by Crippen LogP contribution is -2.49. The fraction of sp³-hybridized carbons (Fsp3) is 0.800. The van der Waals surface area contributed by atoms with Gasteiger partial charge in [-0.1, -0.05) is 6.08 Å². The molecule has 0 bridgehead atoms. The number of amides is 1. The van der Waals surface area contributed by atoms with E-state index in [0.29, 0.717) is 12.6 Å². The summed E-state index contributed by atoms with van der Waals surface area (Å²) in [4.78, 5) is 14.5. The summed E-state index contributed by atoms with van der Waals surface area (Å²) in [6.45, 7) is 9.58. The van der Waals surface area contributed by atoms with Gasteiger partial charge in [-0.25, -0.2) is 0 Å². The molecule has 2 fully saturated rings. The van der Waals surface area contributed by atoms with Crippen molar-refractivity contribution < 1.29 is 4.79 Å². The number of piperidine rings is 1. The van der Waals surface area contributed by atoms with Crippen LogP contribution in [0.4, 0.5) is 0 Å². The second-order valence-electron chi connectivity index (χ2n) is 5.83. The van der Waals surface area contributed by atoms with E-state index >= 15 is 0 Å². The molecule has 1 unspecified atom stereocenters. The number of carbonyl (C=O) groups excluding carboxylic acids is 1. The van der Waals surface area contributed by atoms with Gasteiger partial charge in [-0.05, 0) is 51.6 Å². The smallest absolute Gasteiger partial charge is 0.237 e. The number of rotatable bonds is 7. The van der Waals surface area contributed by atoms with Gasteiger partial charge in [0.2, 0.25) is 5.91 Å². The minimum atomic E-state index is -0.0117. The molecule has 0 aromatic carbocycles. The molecule has 0 aromatic rings. The minimum Gasteiger partial charge on any atom is -0.351 e. The molecule has 2 aliphatic rings. The van der Waals surface area contributed by atoms with Crippen molar-refractivity contribution in [2.45, 2.75) is 44.7 Å². The van der Waals surface area contributed by atoms with Gasteiger partial charge in [0.15, 0.2) is 0 Å². The zero-order chi connectivity index (χ0) is 13.7. The Morgan fingerprint density at radius 1 is 1.42 bits per heavy atom. The van der Waals surface area contributed by atoms with Gasteiger partial charge in [-0.15, -0.1) is 6.58 Å². The molecule has 0 aromatic heterocycles. The van der Waals surface area contributed by atoms with Gasteiger partial charge < -0.3 is 10.6 Å². The Labute approximate surface area is 116 Å². The summed E-state index contributed by atoms with van der Waals surface area (Å²) < 4.78 is 0. The number of nitrogens with one attached hydrogen (secondary N) is 2. The molecular formula is C15H27N3O. The number of hydrogen-bond donors (Lipinski definition) is 2. The highest BCUT2D eigenvalue weighted by atomic mass is 16.2. The van der Waals surface area contributed by atoms with Crippen LogP contribution in [0.2, 0.25) is 0 Å². The Morgan fingerprint density at radius 3 is 2.68 bits per heavy atom. The van der Waals surface area contributed by atoms with Crippen LogP contribution in [0.3, 0.4) is 0 Å². The average Bonchev–Trinajstić information content (AvgIpc) is 3.27. The Kier molecular flexibility index (Phi) is 5.40. The average molecular weight is 265 g/mol. The predicted octanol–water partition coefficient (Wildman–Crippen LogP) is 1.14. The summed E-state index contributed by atoms with van der Waals surface area (Å²) in [5, 5.41) is 6.33. The van der Waals surface area contributed by atoms with Crippen molar-refractivity contribution in [3.05, 3.63) is 12.7 Å². The molecule has 1 saturated heterocycles. The minimum absolute atomic E-state index is 0.0117. The lowest BCUT2D eigenvalue weighted by atomic mass is 9.97. The zero-order valence-corrected chi connectivity index (χ0v) is 12.0. The van der Waals surface area contributed by atoms with Gasteiger partial charge in [-0.3, -0.25) is 9.69 Å². The van der Waals surface area contributed by atoms with Crippen molar-refractivity contribution in [3.63, 3.8) is 0 Å². The fourth-order valence-corrected chi connectivity index (χ4v) is 2.86. The quantitative estimate of drug-likeness (QED) is 0.679. The lowest BCUT2D eigenvalue weighted by Gasteiger charge is -2.33. The number of carbonyl (C=O) groups is 1. The van der Waals surface area contributed by atoms with Gasteiger partial charge >= 0.3 is 0 Å². The van der Waals surface area contributed by atoms with Crippen LogP contribution < -0.4 is 10.6 Å². The van der Waals surface area contributed by atoms with E-state index in [2.05, 4.69) is 22.1 Å². The van der Waals surface area contributed by atoms with E-state index in [0.717, 1.165) is 25.6 Å². The van der Waals surface area contributed by atoms with Crippen molar-refractivity contribution in [1.29, 1.82) is 0 Å². The normalized spacial score (nSPS) is 22.2. The van der Waals surface area contributed by atoms with E-state index < -0.39 is 0 Å². The molecule has 1 aliphatic carbocycles. The molecule has 1 heterocycles. The Balaban J connectivity index is 1.87. The van der Waals surface area contributed by atoms with Gasteiger partial charge in [0.05, 0.1) is 6.04 Å². The second-order valence-corrected chi connectivity index (χ2v) is 5.83. The maximum absolute atomic E-state index is 12.1. The largest absolute Gasteiger partial charge is 0.351 e. The third kappa shape index (κ3) is 4.32. The molecule has 2 rings (SSSR count). The van der Waals surface area contributed by atoms with E-state index in [1.54, 1.807) is 6.08 Å². The zero-order valence-electron chi connectivity index (χ0n) is 12.0. The first-order chi connectivity index (χ1) is 9.22. The molecule has 108 valence electrons. The maximum atomic E-state index is 12.1. The van der Waals surface area contributed by atoms with Crippen LogP contribution in [-0.2, 0) is 4.79 Å². The van der Waals surface area contributed by atoms with Crippen molar-refractivity contribution >= 4 is 5.91 Å². The molecular weight excluding hydrogens is 238 g/mol. The van der Waals surface area contributed by atoms with Crippen LogP contribution in [0.25, 0.3) is 0 Å². The standard InChI is InChI=1S/C15H27N3O/c1-3-8-17-15(19)12(2)18(14-4-5-14)11-13-6-9-16-10-7-13/h3,12-14,16H,1,4-11H2,2H3,(H,17,19). The van der Waals surface area contributed by atoms with E-state index in [-0.39, 0.29) is 11.9 Å². The maximum Gasteiger partial charge on any atom is 0.237 e. The first-order valence-corrected chi connectivity index (χ1v) is 7.57. The summed E-state index contributed by atoms with van der Waals surface area (Å²) >= 11 is 0. The van der Waals surface area contributed by atoms with Crippen LogP contribution in [0.5, 0.6) is 0 Å². The lowest BCUT2D eigenvalue weighted by molar-refractivity contribution is -0.126. The van der Waals surface area contributed by atoms with Crippen LogP contribution >= 0.6 is 0 Å². The summed E-state index contributed by atoms with van der Waals surface area (Å²) in [5.41, 5.74) is 0. The topological polar surface area (TPSA) is 44.4 Å². The Bertz CT molecular complexity index is 309. The van der Waals surface area contributed by atoms with Gasteiger partial charge in [0.25, 0.3) is 0 Å². The Hall–Kier alpha value is -0.870. The summed E-state index contributed by atoms with van der Waals surface area (Å²) in [6, 6.07) is 0.627. The molecule has 1 saturated carbocycles. The van der Waals surface area contributed by atoms with E-state index in [4.69, 9.17) is 0 Å². The predicted molar refractivity (Wildman–Crippen MR) is 78.0 cm³/mol. The highest BCUT2D eigenvalue weighted by molar-refractivity contribution is 5.81. The van der Waals surface area contributed by atoms with Crippen molar-refractivity contribution in [1.82, 2.24) is 15.5 Å². The van der Waals surface area contributed by atoms with Crippen LogP contribution in [0.15, 0.2) is 12.7 Å². The molecule has 19 heavy (non-hydrogen) atoms. The van der Waals surface area contributed by atoms with Crippen LogP contribution in [-0.4, -0.2) is 49.1 Å². The molecule has 1 aliphatic heterocycles.